The van der Waals surface area contributed by atoms with Crippen LogP contribution in [-0.4, -0.2) is 11.9 Å². The van der Waals surface area contributed by atoms with Gasteiger partial charge >= 0.3 is 0 Å². The summed E-state index contributed by atoms with van der Waals surface area (Å²) in [5.74, 6) is 0. The van der Waals surface area contributed by atoms with E-state index in [0.29, 0.717) is 12.0 Å². The van der Waals surface area contributed by atoms with Gasteiger partial charge in [-0.05, 0) is 47.6 Å². The molecule has 0 radical (unpaired) electrons. The Morgan fingerprint density at radius 3 is 1.76 bits per heavy atom. The van der Waals surface area contributed by atoms with Crippen molar-refractivity contribution in [3.8, 4) is 0 Å². The lowest BCUT2D eigenvalue weighted by Gasteiger charge is -2.34. The second-order valence-corrected chi connectivity index (χ2v) is 6.23. The molecule has 0 unspecified atom stereocenters. The van der Waals surface area contributed by atoms with E-state index < -0.39 is 0 Å². The van der Waals surface area contributed by atoms with E-state index in [1.807, 2.05) is 0 Å². The van der Waals surface area contributed by atoms with Gasteiger partial charge in [-0.25, -0.2) is 10.1 Å². The summed E-state index contributed by atoms with van der Waals surface area (Å²) >= 11 is 0. The van der Waals surface area contributed by atoms with Gasteiger partial charge in [0.25, 0.3) is 0 Å². The van der Waals surface area contributed by atoms with Crippen LogP contribution in [0.15, 0.2) is 0 Å². The fourth-order valence-electron chi connectivity index (χ4n) is 3.59. The van der Waals surface area contributed by atoms with Crippen molar-refractivity contribution in [2.24, 2.45) is 5.41 Å². The van der Waals surface area contributed by atoms with Crippen molar-refractivity contribution in [3.05, 3.63) is 0 Å². The first kappa shape index (κ1) is 20.8. The molecule has 0 amide bonds. The van der Waals surface area contributed by atoms with Gasteiger partial charge in [0.15, 0.2) is 0 Å². The molecule has 0 aliphatic rings. The fourth-order valence-corrected chi connectivity index (χ4v) is 3.59. The standard InChI is InChI=1S/C17H36O4/c1-4-12-17(13-5-2,14-6-3)15-10-8-7-9-11-16-19-21-20-18/h18H,4-16H2,1-3H3. The quantitative estimate of drug-likeness (QED) is 0.214. The van der Waals surface area contributed by atoms with E-state index in [1.165, 1.54) is 64.2 Å². The second-order valence-electron chi connectivity index (χ2n) is 6.23. The molecule has 0 fully saturated rings. The zero-order chi connectivity index (χ0) is 15.8. The van der Waals surface area contributed by atoms with Gasteiger partial charge in [-0.3, -0.25) is 0 Å². The molecular formula is C17H36O4. The molecular weight excluding hydrogens is 268 g/mol. The summed E-state index contributed by atoms with van der Waals surface area (Å²) in [6.07, 6.45) is 15.4. The van der Waals surface area contributed by atoms with Crippen molar-refractivity contribution in [1.29, 1.82) is 0 Å². The van der Waals surface area contributed by atoms with Gasteiger partial charge in [-0.15, -0.1) is 0 Å². The highest BCUT2D eigenvalue weighted by atomic mass is 17.6. The van der Waals surface area contributed by atoms with Gasteiger partial charge in [-0.1, -0.05) is 65.7 Å². The number of unbranched alkanes of at least 4 members (excludes halogenated alkanes) is 4. The fraction of sp³-hybridized carbons (Fsp3) is 1.00. The molecule has 0 aliphatic carbocycles. The highest BCUT2D eigenvalue weighted by Gasteiger charge is 2.26. The lowest BCUT2D eigenvalue weighted by molar-refractivity contribution is -0.623. The topological polar surface area (TPSA) is 47.9 Å². The van der Waals surface area contributed by atoms with Crippen molar-refractivity contribution in [2.45, 2.75) is 97.8 Å². The Labute approximate surface area is 131 Å². The highest BCUT2D eigenvalue weighted by Crippen LogP contribution is 2.40. The Bertz CT molecular complexity index is 192. The van der Waals surface area contributed by atoms with E-state index in [-0.39, 0.29) is 0 Å². The third-order valence-electron chi connectivity index (χ3n) is 4.35. The van der Waals surface area contributed by atoms with Crippen LogP contribution < -0.4 is 0 Å². The van der Waals surface area contributed by atoms with Crippen LogP contribution in [0.1, 0.15) is 97.8 Å². The largest absolute Gasteiger partial charge is 0.219 e. The molecule has 0 aromatic heterocycles. The van der Waals surface area contributed by atoms with Crippen molar-refractivity contribution in [2.75, 3.05) is 6.61 Å². The molecule has 0 atom stereocenters. The summed E-state index contributed by atoms with van der Waals surface area (Å²) in [6, 6.07) is 0. The molecule has 21 heavy (non-hydrogen) atoms. The maximum Gasteiger partial charge on any atom is 0.0854 e. The monoisotopic (exact) mass is 304 g/mol. The molecule has 4 nitrogen and oxygen atoms in total. The van der Waals surface area contributed by atoms with Gasteiger partial charge in [0.1, 0.15) is 0 Å². The predicted molar refractivity (Wildman–Crippen MR) is 85.6 cm³/mol. The number of hydrogen-bond acceptors (Lipinski definition) is 4. The van der Waals surface area contributed by atoms with Crippen molar-refractivity contribution in [1.82, 2.24) is 0 Å². The molecule has 128 valence electrons. The van der Waals surface area contributed by atoms with E-state index in [9.17, 15) is 0 Å². The lowest BCUT2D eigenvalue weighted by atomic mass is 9.72. The van der Waals surface area contributed by atoms with E-state index in [1.54, 1.807) is 0 Å². The number of hydrogen-bond donors (Lipinski definition) is 1. The molecule has 0 aliphatic heterocycles. The summed E-state index contributed by atoms with van der Waals surface area (Å²) in [5, 5.41) is 15.2. The molecule has 0 spiro atoms. The van der Waals surface area contributed by atoms with Crippen molar-refractivity contribution >= 4 is 0 Å². The Hall–Kier alpha value is -0.160. The normalized spacial score (nSPS) is 12.0. The first-order chi connectivity index (χ1) is 10.2. The summed E-state index contributed by atoms with van der Waals surface area (Å²) in [7, 11) is 0. The van der Waals surface area contributed by atoms with Gasteiger partial charge in [0, 0.05) is 0 Å². The lowest BCUT2D eigenvalue weighted by Crippen LogP contribution is -2.20. The van der Waals surface area contributed by atoms with E-state index >= 15 is 0 Å². The summed E-state index contributed by atoms with van der Waals surface area (Å²) in [5.41, 5.74) is 0.605. The molecule has 0 aromatic rings. The second kappa shape index (κ2) is 14.8. The smallest absolute Gasteiger partial charge is 0.0854 e. The minimum atomic E-state index is 0.464. The van der Waals surface area contributed by atoms with Crippen LogP contribution in [-0.2, 0) is 15.0 Å². The Morgan fingerprint density at radius 1 is 0.714 bits per heavy atom. The first-order valence-electron chi connectivity index (χ1n) is 8.84. The third kappa shape index (κ3) is 11.1. The summed E-state index contributed by atoms with van der Waals surface area (Å²) in [4.78, 5) is 4.57. The van der Waals surface area contributed by atoms with Crippen molar-refractivity contribution in [3.63, 3.8) is 0 Å². The van der Waals surface area contributed by atoms with Crippen LogP contribution in [0.2, 0.25) is 0 Å². The zero-order valence-electron chi connectivity index (χ0n) is 14.4. The minimum absolute atomic E-state index is 0.464. The van der Waals surface area contributed by atoms with Crippen LogP contribution in [0.4, 0.5) is 0 Å². The van der Waals surface area contributed by atoms with Gasteiger partial charge < -0.3 is 0 Å². The Kier molecular flexibility index (Phi) is 14.7. The van der Waals surface area contributed by atoms with Crippen LogP contribution in [0.25, 0.3) is 0 Å². The molecule has 0 saturated carbocycles. The van der Waals surface area contributed by atoms with Crippen LogP contribution >= 0.6 is 0 Å². The van der Waals surface area contributed by atoms with E-state index in [4.69, 9.17) is 5.26 Å². The molecule has 0 aromatic carbocycles. The molecule has 4 heteroatoms. The predicted octanol–water partition coefficient (Wildman–Crippen LogP) is 6.07. The minimum Gasteiger partial charge on any atom is -0.219 e. The SMILES string of the molecule is CCCC(CCC)(CCC)CCCCCCCOOOO. The molecule has 1 N–H and O–H groups in total. The maximum absolute atomic E-state index is 7.90. The molecule has 0 heterocycles. The number of rotatable bonds is 16. The maximum atomic E-state index is 7.90. The van der Waals surface area contributed by atoms with E-state index in [0.717, 1.165) is 12.8 Å². The van der Waals surface area contributed by atoms with Gasteiger partial charge in [0.05, 0.1) is 6.61 Å². The van der Waals surface area contributed by atoms with Crippen LogP contribution in [0.3, 0.4) is 0 Å². The summed E-state index contributed by atoms with van der Waals surface area (Å²) < 4.78 is 0. The van der Waals surface area contributed by atoms with Crippen molar-refractivity contribution < 1.29 is 20.2 Å². The van der Waals surface area contributed by atoms with Gasteiger partial charge in [0.2, 0.25) is 0 Å². The average Bonchev–Trinajstić information content (AvgIpc) is 2.46. The molecule has 0 bridgehead atoms. The van der Waals surface area contributed by atoms with Gasteiger partial charge in [-0.2, -0.15) is 0 Å². The Morgan fingerprint density at radius 2 is 1.24 bits per heavy atom. The third-order valence-corrected chi connectivity index (χ3v) is 4.35. The average molecular weight is 304 g/mol. The Balaban J connectivity index is 3.76. The molecule has 0 saturated heterocycles. The van der Waals surface area contributed by atoms with Crippen LogP contribution in [0, 0.1) is 5.41 Å². The van der Waals surface area contributed by atoms with E-state index in [2.05, 4.69) is 35.7 Å². The first-order valence-corrected chi connectivity index (χ1v) is 8.84. The zero-order valence-corrected chi connectivity index (χ0v) is 14.4. The highest BCUT2D eigenvalue weighted by molar-refractivity contribution is 4.78. The summed E-state index contributed by atoms with van der Waals surface area (Å²) in [6.45, 7) is 7.42. The van der Waals surface area contributed by atoms with Crippen LogP contribution in [0.5, 0.6) is 0 Å². The molecule has 0 rings (SSSR count).